The summed E-state index contributed by atoms with van der Waals surface area (Å²) in [5.74, 6) is 0.650. The first-order chi connectivity index (χ1) is 12.6. The molecule has 6 heteroatoms. The lowest BCUT2D eigenvalue weighted by atomic mass is 10.2. The van der Waals surface area contributed by atoms with Gasteiger partial charge in [0.25, 0.3) is 5.91 Å². The highest BCUT2D eigenvalue weighted by Gasteiger charge is 2.16. The Labute approximate surface area is 162 Å². The zero-order chi connectivity index (χ0) is 18.5. The number of amides is 1. The smallest absolute Gasteiger partial charge is 0.273 e. The van der Waals surface area contributed by atoms with Crippen LogP contribution in [-0.4, -0.2) is 29.4 Å². The number of rotatable bonds is 6. The van der Waals surface area contributed by atoms with E-state index in [9.17, 15) is 4.79 Å². The monoisotopic (exact) mass is 386 g/mol. The van der Waals surface area contributed by atoms with E-state index in [0.717, 1.165) is 21.9 Å². The molecule has 0 saturated heterocycles. The van der Waals surface area contributed by atoms with Gasteiger partial charge in [0.1, 0.15) is 23.1 Å². The number of hydrogen-bond acceptors (Lipinski definition) is 4. The second-order valence-corrected chi connectivity index (χ2v) is 7.07. The highest BCUT2D eigenvalue weighted by atomic mass is 35.5. The van der Waals surface area contributed by atoms with Crippen molar-refractivity contribution >= 4 is 28.8 Å². The molecular weight excluding hydrogens is 368 g/mol. The van der Waals surface area contributed by atoms with Gasteiger partial charge in [0, 0.05) is 24.0 Å². The molecule has 1 heterocycles. The van der Waals surface area contributed by atoms with E-state index in [1.165, 1.54) is 11.3 Å². The van der Waals surface area contributed by atoms with Crippen LogP contribution in [-0.2, 0) is 6.61 Å². The Hall–Kier alpha value is -2.37. The maximum absolute atomic E-state index is 12.3. The zero-order valence-electron chi connectivity index (χ0n) is 14.6. The molecule has 0 aliphatic carbocycles. The second kappa shape index (κ2) is 8.34. The predicted octanol–water partition coefficient (Wildman–Crippen LogP) is 5.13. The van der Waals surface area contributed by atoms with E-state index in [4.69, 9.17) is 16.3 Å². The molecule has 26 heavy (non-hydrogen) atoms. The van der Waals surface area contributed by atoms with Crippen molar-refractivity contribution in [2.45, 2.75) is 13.5 Å². The predicted molar refractivity (Wildman–Crippen MR) is 106 cm³/mol. The number of aromatic nitrogens is 1. The molecule has 0 radical (unpaired) electrons. The zero-order valence-corrected chi connectivity index (χ0v) is 16.2. The van der Waals surface area contributed by atoms with Gasteiger partial charge >= 0.3 is 0 Å². The van der Waals surface area contributed by atoms with Gasteiger partial charge in [-0.1, -0.05) is 35.9 Å². The van der Waals surface area contributed by atoms with Gasteiger partial charge in [0.2, 0.25) is 0 Å². The van der Waals surface area contributed by atoms with Gasteiger partial charge < -0.3 is 9.64 Å². The molecule has 1 aromatic heterocycles. The van der Waals surface area contributed by atoms with Crippen LogP contribution in [0.5, 0.6) is 5.75 Å². The Morgan fingerprint density at radius 1 is 1.23 bits per heavy atom. The lowest BCUT2D eigenvalue weighted by molar-refractivity contribution is 0.0797. The maximum Gasteiger partial charge on any atom is 0.273 e. The van der Waals surface area contributed by atoms with Crippen LogP contribution in [0.4, 0.5) is 0 Å². The summed E-state index contributed by atoms with van der Waals surface area (Å²) >= 11 is 7.46. The number of carbonyl (C=O) groups excluding carboxylic acids is 1. The van der Waals surface area contributed by atoms with Crippen LogP contribution in [0.2, 0.25) is 5.02 Å². The lowest BCUT2D eigenvalue weighted by Crippen LogP contribution is -2.26. The fourth-order valence-electron chi connectivity index (χ4n) is 2.39. The van der Waals surface area contributed by atoms with E-state index in [2.05, 4.69) is 4.98 Å². The van der Waals surface area contributed by atoms with Crippen molar-refractivity contribution in [3.8, 4) is 16.3 Å². The van der Waals surface area contributed by atoms with Gasteiger partial charge in [-0.05, 0) is 36.8 Å². The summed E-state index contributed by atoms with van der Waals surface area (Å²) in [6.07, 6.45) is 0. The summed E-state index contributed by atoms with van der Waals surface area (Å²) in [6.45, 7) is 2.99. The van der Waals surface area contributed by atoms with E-state index in [1.54, 1.807) is 17.3 Å². The molecule has 4 nitrogen and oxygen atoms in total. The quantitative estimate of drug-likeness (QED) is 0.589. The molecule has 3 aromatic rings. The van der Waals surface area contributed by atoms with E-state index in [0.29, 0.717) is 23.9 Å². The number of hydrogen-bond donors (Lipinski definition) is 0. The number of ether oxygens (including phenoxy) is 1. The fourth-order valence-corrected chi connectivity index (χ4v) is 3.43. The van der Waals surface area contributed by atoms with E-state index >= 15 is 0 Å². The van der Waals surface area contributed by atoms with E-state index in [1.807, 2.05) is 55.5 Å². The molecule has 2 aromatic carbocycles. The van der Waals surface area contributed by atoms with Gasteiger partial charge in [-0.15, -0.1) is 11.3 Å². The lowest BCUT2D eigenvalue weighted by Gasteiger charge is -2.12. The van der Waals surface area contributed by atoms with Gasteiger partial charge in [0.15, 0.2) is 0 Å². The van der Waals surface area contributed by atoms with Crippen molar-refractivity contribution in [3.05, 3.63) is 70.2 Å². The van der Waals surface area contributed by atoms with E-state index < -0.39 is 0 Å². The van der Waals surface area contributed by atoms with Crippen LogP contribution in [0.25, 0.3) is 10.6 Å². The molecular formula is C20H19ClN2O2S. The average Bonchev–Trinajstić information content (AvgIpc) is 3.15. The van der Waals surface area contributed by atoms with Gasteiger partial charge in [-0.2, -0.15) is 0 Å². The largest absolute Gasteiger partial charge is 0.488 e. The molecule has 0 aliphatic rings. The standard InChI is InChI=1S/C20H19ClN2O2S/c1-3-23(2)20(24)17-13-26-19(22-17)16-9-4-5-10-18(16)25-12-14-7-6-8-15(21)11-14/h4-11,13H,3,12H2,1-2H3. The van der Waals surface area contributed by atoms with Crippen molar-refractivity contribution in [1.29, 1.82) is 0 Å². The molecule has 0 aliphatic heterocycles. The summed E-state index contributed by atoms with van der Waals surface area (Å²) in [5, 5.41) is 3.24. The molecule has 0 N–H and O–H groups in total. The van der Waals surface area contributed by atoms with Crippen LogP contribution in [0.1, 0.15) is 23.0 Å². The number of thiazole rings is 1. The highest BCUT2D eigenvalue weighted by molar-refractivity contribution is 7.13. The van der Waals surface area contributed by atoms with Crippen LogP contribution < -0.4 is 4.74 Å². The molecule has 0 bridgehead atoms. The molecule has 0 atom stereocenters. The number of benzene rings is 2. The number of para-hydroxylation sites is 1. The summed E-state index contributed by atoms with van der Waals surface area (Å²) < 4.78 is 5.98. The number of halogens is 1. The van der Waals surface area contributed by atoms with Crippen molar-refractivity contribution < 1.29 is 9.53 Å². The topological polar surface area (TPSA) is 42.4 Å². The van der Waals surface area contributed by atoms with Crippen LogP contribution in [0, 0.1) is 0 Å². The Morgan fingerprint density at radius 2 is 2.04 bits per heavy atom. The van der Waals surface area contributed by atoms with Gasteiger partial charge in [0.05, 0.1) is 5.56 Å². The van der Waals surface area contributed by atoms with Gasteiger partial charge in [-0.3, -0.25) is 4.79 Å². The Bertz CT molecular complexity index is 910. The molecule has 1 amide bonds. The van der Waals surface area contributed by atoms with Crippen molar-refractivity contribution in [3.63, 3.8) is 0 Å². The molecule has 0 saturated carbocycles. The Morgan fingerprint density at radius 3 is 2.81 bits per heavy atom. The first-order valence-corrected chi connectivity index (χ1v) is 9.52. The minimum absolute atomic E-state index is 0.0765. The van der Waals surface area contributed by atoms with Crippen LogP contribution in [0.15, 0.2) is 53.9 Å². The first kappa shape index (κ1) is 18.4. The normalized spacial score (nSPS) is 10.6. The SMILES string of the molecule is CCN(C)C(=O)c1csc(-c2ccccc2OCc2cccc(Cl)c2)n1. The summed E-state index contributed by atoms with van der Waals surface area (Å²) in [4.78, 5) is 18.4. The third kappa shape index (κ3) is 4.23. The van der Waals surface area contributed by atoms with Crippen molar-refractivity contribution in [1.82, 2.24) is 9.88 Å². The summed E-state index contributed by atoms with van der Waals surface area (Å²) in [5.41, 5.74) is 2.32. The molecule has 134 valence electrons. The minimum Gasteiger partial charge on any atom is -0.488 e. The summed E-state index contributed by atoms with van der Waals surface area (Å²) in [7, 11) is 1.77. The number of carbonyl (C=O) groups is 1. The van der Waals surface area contributed by atoms with Crippen LogP contribution >= 0.6 is 22.9 Å². The average molecular weight is 387 g/mol. The fraction of sp³-hybridized carbons (Fsp3) is 0.200. The van der Waals surface area contributed by atoms with Crippen LogP contribution in [0.3, 0.4) is 0 Å². The van der Waals surface area contributed by atoms with Crippen molar-refractivity contribution in [2.75, 3.05) is 13.6 Å². The third-order valence-electron chi connectivity index (χ3n) is 3.95. The number of nitrogens with zero attached hydrogens (tertiary/aromatic N) is 2. The van der Waals surface area contributed by atoms with E-state index in [-0.39, 0.29) is 5.91 Å². The highest BCUT2D eigenvalue weighted by Crippen LogP contribution is 2.33. The molecule has 3 rings (SSSR count). The van der Waals surface area contributed by atoms with Gasteiger partial charge in [-0.25, -0.2) is 4.98 Å². The molecule has 0 fully saturated rings. The molecule has 0 spiro atoms. The molecule has 0 unspecified atom stereocenters. The Kier molecular flexibility index (Phi) is 5.91. The summed E-state index contributed by atoms with van der Waals surface area (Å²) in [6, 6.07) is 15.3. The third-order valence-corrected chi connectivity index (χ3v) is 5.06. The second-order valence-electron chi connectivity index (χ2n) is 5.77. The minimum atomic E-state index is -0.0765. The first-order valence-electron chi connectivity index (χ1n) is 8.26. The maximum atomic E-state index is 12.3. The Balaban J connectivity index is 1.81. The van der Waals surface area contributed by atoms with Crippen molar-refractivity contribution in [2.24, 2.45) is 0 Å².